The van der Waals surface area contributed by atoms with Crippen molar-refractivity contribution in [2.24, 2.45) is 0 Å². The molecule has 0 aliphatic carbocycles. The van der Waals surface area contributed by atoms with E-state index < -0.39 is 0 Å². The van der Waals surface area contributed by atoms with E-state index in [4.69, 9.17) is 0 Å². The molecule has 3 aromatic rings. The Bertz CT molecular complexity index is 819. The number of phenols is 2. The molecule has 1 heterocycles. The molecule has 6 heteroatoms. The highest BCUT2D eigenvalue weighted by Gasteiger charge is 2.16. The Balaban J connectivity index is 2.08. The van der Waals surface area contributed by atoms with Crippen molar-refractivity contribution in [1.82, 2.24) is 9.97 Å². The first kappa shape index (κ1) is 16.0. The summed E-state index contributed by atoms with van der Waals surface area (Å²) in [5.74, 6) is 0.416. The van der Waals surface area contributed by atoms with E-state index in [1.54, 1.807) is 54.7 Å². The number of aromatic hydroxyl groups is 2. The van der Waals surface area contributed by atoms with Gasteiger partial charge in [-0.2, -0.15) is 0 Å². The molecule has 116 valence electrons. The second-order valence-electron chi connectivity index (χ2n) is 4.88. The van der Waals surface area contributed by atoms with Gasteiger partial charge in [0.15, 0.2) is 0 Å². The minimum atomic E-state index is -0.164. The van der Waals surface area contributed by atoms with Gasteiger partial charge in [-0.25, -0.2) is 4.98 Å². The summed E-state index contributed by atoms with van der Waals surface area (Å²) < 4.78 is -0.164. The third-order valence-corrected chi connectivity index (χ3v) is 4.18. The average Bonchev–Trinajstić information content (AvgIpc) is 2.56. The summed E-state index contributed by atoms with van der Waals surface area (Å²) in [6, 6.07) is 13.6. The van der Waals surface area contributed by atoms with E-state index in [2.05, 4.69) is 41.8 Å². The van der Waals surface area contributed by atoms with Gasteiger partial charge in [-0.05, 0) is 48.5 Å². The predicted octanol–water partition coefficient (Wildman–Crippen LogP) is 5.01. The largest absolute Gasteiger partial charge is 0.508 e. The van der Waals surface area contributed by atoms with Crippen molar-refractivity contribution in [2.75, 3.05) is 0 Å². The van der Waals surface area contributed by atoms with Crippen LogP contribution in [0.25, 0.3) is 22.5 Å². The number of phenolic OH excluding ortho intramolecular Hbond substituents is 2. The molecule has 0 aliphatic rings. The topological polar surface area (TPSA) is 66.2 Å². The van der Waals surface area contributed by atoms with Crippen LogP contribution in [0.15, 0.2) is 54.7 Å². The molecule has 0 fully saturated rings. The fourth-order valence-electron chi connectivity index (χ4n) is 2.17. The van der Waals surface area contributed by atoms with Gasteiger partial charge in [0.1, 0.15) is 15.2 Å². The molecule has 0 amide bonds. The minimum absolute atomic E-state index is 0.164. The maximum absolute atomic E-state index is 9.42. The van der Waals surface area contributed by atoms with Gasteiger partial charge in [0.25, 0.3) is 0 Å². The van der Waals surface area contributed by atoms with Gasteiger partial charge >= 0.3 is 0 Å². The molecule has 0 saturated carbocycles. The highest BCUT2D eigenvalue weighted by Crippen LogP contribution is 2.36. The molecule has 4 nitrogen and oxygen atoms in total. The smallest absolute Gasteiger partial charge is 0.115 e. The van der Waals surface area contributed by atoms with Crippen LogP contribution in [0.3, 0.4) is 0 Å². The van der Waals surface area contributed by atoms with E-state index in [1.807, 2.05) is 0 Å². The van der Waals surface area contributed by atoms with Crippen LogP contribution in [0.4, 0.5) is 0 Å². The number of alkyl halides is 2. The molecule has 0 radical (unpaired) electrons. The van der Waals surface area contributed by atoms with Crippen LogP contribution < -0.4 is 0 Å². The van der Waals surface area contributed by atoms with Crippen molar-refractivity contribution in [3.05, 3.63) is 60.4 Å². The molecule has 0 bridgehead atoms. The predicted molar refractivity (Wildman–Crippen MR) is 96.8 cm³/mol. The normalized spacial score (nSPS) is 10.9. The molecule has 1 aromatic heterocycles. The summed E-state index contributed by atoms with van der Waals surface area (Å²) in [5, 5.41) is 18.8. The van der Waals surface area contributed by atoms with Crippen LogP contribution in [0.1, 0.15) is 9.43 Å². The van der Waals surface area contributed by atoms with Crippen molar-refractivity contribution in [3.8, 4) is 34.0 Å². The quantitative estimate of drug-likeness (QED) is 0.567. The van der Waals surface area contributed by atoms with Gasteiger partial charge in [-0.15, -0.1) is 0 Å². The molecule has 2 N–H and O–H groups in total. The molecule has 3 rings (SSSR count). The van der Waals surface area contributed by atoms with E-state index in [-0.39, 0.29) is 15.2 Å². The molecule has 0 saturated heterocycles. The van der Waals surface area contributed by atoms with Gasteiger partial charge in [0, 0.05) is 11.1 Å². The first-order valence-corrected chi connectivity index (χ1v) is 8.61. The standard InChI is InChI=1S/C17H12Br2N2O2/c18-17(19)16-15(11-3-7-13(23)8-4-11)20-9-14(21-16)10-1-5-12(22)6-2-10/h1-9,17,22-23H. The van der Waals surface area contributed by atoms with Crippen LogP contribution >= 0.6 is 31.9 Å². The average molecular weight is 436 g/mol. The van der Waals surface area contributed by atoms with Crippen LogP contribution in [0, 0.1) is 0 Å². The molecule has 0 spiro atoms. The van der Waals surface area contributed by atoms with Crippen molar-refractivity contribution in [1.29, 1.82) is 0 Å². The number of benzene rings is 2. The number of hydrogen-bond acceptors (Lipinski definition) is 4. The Labute approximate surface area is 150 Å². The van der Waals surface area contributed by atoms with Crippen LogP contribution in [-0.2, 0) is 0 Å². The second-order valence-corrected chi connectivity index (χ2v) is 7.94. The lowest BCUT2D eigenvalue weighted by atomic mass is 10.1. The minimum Gasteiger partial charge on any atom is -0.508 e. The molecular weight excluding hydrogens is 424 g/mol. The summed E-state index contributed by atoms with van der Waals surface area (Å²) in [7, 11) is 0. The Hall–Kier alpha value is -1.92. The first-order chi connectivity index (χ1) is 11.0. The third kappa shape index (κ3) is 3.54. The summed E-state index contributed by atoms with van der Waals surface area (Å²) in [6.07, 6.45) is 1.69. The first-order valence-electron chi connectivity index (χ1n) is 6.78. The third-order valence-electron chi connectivity index (χ3n) is 3.31. The van der Waals surface area contributed by atoms with Crippen molar-refractivity contribution in [2.45, 2.75) is 3.74 Å². The van der Waals surface area contributed by atoms with E-state index in [9.17, 15) is 10.2 Å². The van der Waals surface area contributed by atoms with Crippen molar-refractivity contribution < 1.29 is 10.2 Å². The highest BCUT2D eigenvalue weighted by molar-refractivity contribution is 9.24. The molecule has 0 aliphatic heterocycles. The van der Waals surface area contributed by atoms with Crippen LogP contribution in [0.5, 0.6) is 11.5 Å². The molecule has 0 atom stereocenters. The summed E-state index contributed by atoms with van der Waals surface area (Å²) in [5.41, 5.74) is 3.92. The lowest BCUT2D eigenvalue weighted by Gasteiger charge is -2.11. The monoisotopic (exact) mass is 434 g/mol. The fraction of sp³-hybridized carbons (Fsp3) is 0.0588. The van der Waals surface area contributed by atoms with Crippen LogP contribution in [0.2, 0.25) is 0 Å². The Morgan fingerprint density at radius 2 is 1.30 bits per heavy atom. The summed E-state index contributed by atoms with van der Waals surface area (Å²) in [4.78, 5) is 9.20. The Morgan fingerprint density at radius 1 is 0.783 bits per heavy atom. The van der Waals surface area contributed by atoms with Gasteiger partial charge in [0.2, 0.25) is 0 Å². The summed E-state index contributed by atoms with van der Waals surface area (Å²) in [6.45, 7) is 0. The maximum atomic E-state index is 9.42. The van der Waals surface area contributed by atoms with E-state index in [1.165, 1.54) is 0 Å². The van der Waals surface area contributed by atoms with E-state index in [0.717, 1.165) is 22.5 Å². The number of hydrogen-bond donors (Lipinski definition) is 2. The molecular formula is C17H12Br2N2O2. The highest BCUT2D eigenvalue weighted by atomic mass is 79.9. The van der Waals surface area contributed by atoms with E-state index in [0.29, 0.717) is 5.69 Å². The van der Waals surface area contributed by atoms with Gasteiger partial charge in [-0.3, -0.25) is 4.98 Å². The SMILES string of the molecule is Oc1ccc(-c2cnc(-c3ccc(O)cc3)c(C(Br)Br)n2)cc1. The van der Waals surface area contributed by atoms with Gasteiger partial charge in [-0.1, -0.05) is 31.9 Å². The molecule has 2 aromatic carbocycles. The lowest BCUT2D eigenvalue weighted by Crippen LogP contribution is -1.98. The van der Waals surface area contributed by atoms with Crippen molar-refractivity contribution >= 4 is 31.9 Å². The zero-order valence-corrected chi connectivity index (χ0v) is 15.0. The number of halogens is 2. The lowest BCUT2D eigenvalue weighted by molar-refractivity contribution is 0.475. The van der Waals surface area contributed by atoms with Crippen molar-refractivity contribution in [3.63, 3.8) is 0 Å². The summed E-state index contributed by atoms with van der Waals surface area (Å²) >= 11 is 6.98. The zero-order valence-electron chi connectivity index (χ0n) is 11.8. The Kier molecular flexibility index (Phi) is 4.63. The number of aromatic nitrogens is 2. The Morgan fingerprint density at radius 3 is 1.83 bits per heavy atom. The fourth-order valence-corrected chi connectivity index (χ4v) is 2.81. The second kappa shape index (κ2) is 6.68. The zero-order chi connectivity index (χ0) is 16.4. The number of rotatable bonds is 3. The van der Waals surface area contributed by atoms with Gasteiger partial charge < -0.3 is 10.2 Å². The van der Waals surface area contributed by atoms with Crippen LogP contribution in [-0.4, -0.2) is 20.2 Å². The molecule has 23 heavy (non-hydrogen) atoms. The van der Waals surface area contributed by atoms with Gasteiger partial charge in [0.05, 0.1) is 23.3 Å². The number of nitrogens with zero attached hydrogens (tertiary/aromatic N) is 2. The van der Waals surface area contributed by atoms with E-state index >= 15 is 0 Å². The molecule has 0 unspecified atom stereocenters. The maximum Gasteiger partial charge on any atom is 0.115 e.